The average molecular weight is 332 g/mol. The van der Waals surface area contributed by atoms with Crippen LogP contribution >= 0.6 is 0 Å². The third-order valence-electron chi connectivity index (χ3n) is 4.07. The van der Waals surface area contributed by atoms with Crippen LogP contribution in [0.4, 0.5) is 5.69 Å². The van der Waals surface area contributed by atoms with E-state index < -0.39 is 0 Å². The first-order valence-electron chi connectivity index (χ1n) is 8.75. The van der Waals surface area contributed by atoms with Crippen LogP contribution in [0.2, 0.25) is 0 Å². The van der Waals surface area contributed by atoms with Crippen molar-refractivity contribution in [1.29, 1.82) is 0 Å². The van der Waals surface area contributed by atoms with E-state index in [1.54, 1.807) is 11.8 Å². The smallest absolute Gasteiger partial charge is 0.226 e. The summed E-state index contributed by atoms with van der Waals surface area (Å²) in [5, 5.41) is 2.90. The molecule has 0 aromatic heterocycles. The van der Waals surface area contributed by atoms with E-state index in [0.29, 0.717) is 25.4 Å². The summed E-state index contributed by atoms with van der Waals surface area (Å²) in [6.07, 6.45) is 1.27. The van der Waals surface area contributed by atoms with Gasteiger partial charge >= 0.3 is 0 Å². The Labute approximate surface area is 146 Å². The predicted molar refractivity (Wildman–Crippen MR) is 100 cm³/mol. The lowest BCUT2D eigenvalue weighted by Crippen LogP contribution is -2.33. The molecule has 0 saturated carbocycles. The van der Waals surface area contributed by atoms with E-state index in [-0.39, 0.29) is 17.2 Å². The molecule has 0 fully saturated rings. The molecule has 1 aromatic carbocycles. The highest BCUT2D eigenvalue weighted by Crippen LogP contribution is 2.23. The van der Waals surface area contributed by atoms with Gasteiger partial charge in [-0.25, -0.2) is 0 Å². The average Bonchev–Trinajstić information content (AvgIpc) is 2.46. The summed E-state index contributed by atoms with van der Waals surface area (Å²) in [6.45, 7) is 13.5. The van der Waals surface area contributed by atoms with Crippen LogP contribution in [0.1, 0.15) is 59.9 Å². The maximum absolute atomic E-state index is 12.1. The fraction of sp³-hybridized carbons (Fsp3) is 0.600. The van der Waals surface area contributed by atoms with E-state index in [2.05, 4.69) is 39.9 Å². The van der Waals surface area contributed by atoms with Crippen LogP contribution in [-0.2, 0) is 15.0 Å². The molecule has 0 aliphatic carbocycles. The van der Waals surface area contributed by atoms with Crippen molar-refractivity contribution in [1.82, 2.24) is 4.90 Å². The van der Waals surface area contributed by atoms with Gasteiger partial charge in [-0.15, -0.1) is 0 Å². The number of carbonyl (C=O) groups excluding carboxylic acids is 2. The van der Waals surface area contributed by atoms with Gasteiger partial charge in [-0.05, 0) is 35.4 Å². The number of nitrogens with one attached hydrogen (secondary N) is 1. The van der Waals surface area contributed by atoms with E-state index in [1.165, 1.54) is 5.56 Å². The minimum atomic E-state index is -0.0608. The summed E-state index contributed by atoms with van der Waals surface area (Å²) in [4.78, 5) is 25.5. The van der Waals surface area contributed by atoms with Gasteiger partial charge in [0.05, 0.1) is 0 Å². The van der Waals surface area contributed by atoms with Crippen LogP contribution in [-0.4, -0.2) is 29.8 Å². The Morgan fingerprint density at radius 2 is 1.67 bits per heavy atom. The van der Waals surface area contributed by atoms with Gasteiger partial charge in [-0.2, -0.15) is 0 Å². The van der Waals surface area contributed by atoms with Gasteiger partial charge in [0.15, 0.2) is 0 Å². The van der Waals surface area contributed by atoms with E-state index >= 15 is 0 Å². The molecular weight excluding hydrogens is 300 g/mol. The van der Waals surface area contributed by atoms with Crippen LogP contribution in [0.15, 0.2) is 24.3 Å². The highest BCUT2D eigenvalue weighted by Gasteiger charge is 2.14. The second kappa shape index (κ2) is 8.86. The van der Waals surface area contributed by atoms with Gasteiger partial charge in [0, 0.05) is 32.1 Å². The van der Waals surface area contributed by atoms with Crippen LogP contribution < -0.4 is 5.32 Å². The largest absolute Gasteiger partial charge is 0.342 e. The van der Waals surface area contributed by atoms with E-state index in [4.69, 9.17) is 0 Å². The Balaban J connectivity index is 2.51. The van der Waals surface area contributed by atoms with Crippen LogP contribution in [0.5, 0.6) is 0 Å². The van der Waals surface area contributed by atoms with Crippen molar-refractivity contribution in [3.63, 3.8) is 0 Å². The molecule has 4 nitrogen and oxygen atoms in total. The predicted octanol–water partition coefficient (Wildman–Crippen LogP) is 4.21. The molecule has 0 bridgehead atoms. The number of amides is 2. The van der Waals surface area contributed by atoms with Crippen molar-refractivity contribution in [2.24, 2.45) is 5.92 Å². The summed E-state index contributed by atoms with van der Waals surface area (Å²) in [7, 11) is 0. The normalized spacial score (nSPS) is 11.5. The monoisotopic (exact) mass is 332 g/mol. The van der Waals surface area contributed by atoms with E-state index in [1.807, 2.05) is 24.3 Å². The van der Waals surface area contributed by atoms with Crippen molar-refractivity contribution in [3.8, 4) is 0 Å². The molecule has 0 aliphatic rings. The molecule has 2 amide bonds. The van der Waals surface area contributed by atoms with Crippen molar-refractivity contribution in [2.75, 3.05) is 18.4 Å². The fourth-order valence-electron chi connectivity index (χ4n) is 2.35. The fourth-order valence-corrected chi connectivity index (χ4v) is 2.35. The van der Waals surface area contributed by atoms with Gasteiger partial charge in [0.25, 0.3) is 0 Å². The molecule has 0 saturated heterocycles. The molecule has 24 heavy (non-hydrogen) atoms. The standard InChI is InChI=1S/C20H32N2O2/c1-15(2)11-13-22(16(3)23)14-12-19(24)21-18-9-7-17(8-10-18)20(4,5)6/h7-10,15H,11-14H2,1-6H3,(H,21,24). The second-order valence-electron chi connectivity index (χ2n) is 7.81. The lowest BCUT2D eigenvalue weighted by Gasteiger charge is -2.22. The molecular formula is C20H32N2O2. The number of nitrogens with zero attached hydrogens (tertiary/aromatic N) is 1. The molecule has 0 spiro atoms. The van der Waals surface area contributed by atoms with E-state index in [0.717, 1.165) is 12.1 Å². The molecule has 4 heteroatoms. The summed E-state index contributed by atoms with van der Waals surface area (Å²) in [5.74, 6) is 0.509. The summed E-state index contributed by atoms with van der Waals surface area (Å²) in [6, 6.07) is 7.94. The minimum Gasteiger partial charge on any atom is -0.342 e. The van der Waals surface area contributed by atoms with Crippen LogP contribution in [0.25, 0.3) is 0 Å². The third kappa shape index (κ3) is 7.16. The van der Waals surface area contributed by atoms with Gasteiger partial charge in [-0.3, -0.25) is 9.59 Å². The van der Waals surface area contributed by atoms with Crippen LogP contribution in [0, 0.1) is 5.92 Å². The lowest BCUT2D eigenvalue weighted by atomic mass is 9.87. The molecule has 0 unspecified atom stereocenters. The van der Waals surface area contributed by atoms with Crippen LogP contribution in [0.3, 0.4) is 0 Å². The zero-order valence-corrected chi connectivity index (χ0v) is 16.0. The maximum Gasteiger partial charge on any atom is 0.226 e. The first-order chi connectivity index (χ1) is 11.1. The first kappa shape index (κ1) is 20.2. The number of hydrogen-bond donors (Lipinski definition) is 1. The van der Waals surface area contributed by atoms with Gasteiger partial charge in [0.1, 0.15) is 0 Å². The maximum atomic E-state index is 12.1. The Bertz CT molecular complexity index is 542. The van der Waals surface area contributed by atoms with Crippen molar-refractivity contribution < 1.29 is 9.59 Å². The molecule has 0 heterocycles. The number of benzene rings is 1. The van der Waals surface area contributed by atoms with E-state index in [9.17, 15) is 9.59 Å². The number of anilines is 1. The zero-order chi connectivity index (χ0) is 18.3. The quantitative estimate of drug-likeness (QED) is 0.813. The van der Waals surface area contributed by atoms with Crippen molar-refractivity contribution in [2.45, 2.75) is 59.8 Å². The number of hydrogen-bond acceptors (Lipinski definition) is 2. The lowest BCUT2D eigenvalue weighted by molar-refractivity contribution is -0.129. The Morgan fingerprint density at radius 1 is 1.08 bits per heavy atom. The SMILES string of the molecule is CC(=O)N(CCC(=O)Nc1ccc(C(C)(C)C)cc1)CCC(C)C. The summed E-state index contributed by atoms with van der Waals surface area (Å²) in [5.41, 5.74) is 2.13. The van der Waals surface area contributed by atoms with Gasteiger partial charge in [0.2, 0.25) is 11.8 Å². The highest BCUT2D eigenvalue weighted by molar-refractivity contribution is 5.91. The molecule has 0 radical (unpaired) electrons. The van der Waals surface area contributed by atoms with Gasteiger partial charge in [-0.1, -0.05) is 46.8 Å². The zero-order valence-electron chi connectivity index (χ0n) is 16.0. The molecule has 1 N–H and O–H groups in total. The summed E-state index contributed by atoms with van der Waals surface area (Å²) < 4.78 is 0. The molecule has 0 atom stereocenters. The highest BCUT2D eigenvalue weighted by atomic mass is 16.2. The minimum absolute atomic E-state index is 0.0259. The Morgan fingerprint density at radius 3 is 2.12 bits per heavy atom. The third-order valence-corrected chi connectivity index (χ3v) is 4.07. The Hall–Kier alpha value is -1.84. The molecule has 1 rings (SSSR count). The Kier molecular flexibility index (Phi) is 7.46. The molecule has 0 aliphatic heterocycles. The molecule has 1 aromatic rings. The van der Waals surface area contributed by atoms with Gasteiger partial charge < -0.3 is 10.2 Å². The first-order valence-corrected chi connectivity index (χ1v) is 8.75. The molecule has 134 valence electrons. The number of carbonyl (C=O) groups is 2. The van der Waals surface area contributed by atoms with Crippen molar-refractivity contribution >= 4 is 17.5 Å². The number of rotatable bonds is 7. The topological polar surface area (TPSA) is 49.4 Å². The van der Waals surface area contributed by atoms with Crippen molar-refractivity contribution in [3.05, 3.63) is 29.8 Å². The second-order valence-corrected chi connectivity index (χ2v) is 7.81. The summed E-state index contributed by atoms with van der Waals surface area (Å²) >= 11 is 0.